The van der Waals surface area contributed by atoms with E-state index in [1.807, 2.05) is 0 Å². The lowest BCUT2D eigenvalue weighted by atomic mass is 10.1. The maximum atomic E-state index is 14.6. The third-order valence-electron chi connectivity index (χ3n) is 6.33. The van der Waals surface area contributed by atoms with E-state index in [1.165, 1.54) is 23.1 Å². The number of rotatable bonds is 4. The molecule has 2 aromatic carbocycles. The summed E-state index contributed by atoms with van der Waals surface area (Å²) in [6.07, 6.45) is -1.48. The van der Waals surface area contributed by atoms with E-state index in [1.54, 1.807) is 37.4 Å². The minimum atomic E-state index is -4.51. The molecule has 5 rings (SSSR count). The van der Waals surface area contributed by atoms with Gasteiger partial charge in [-0.2, -0.15) is 18.3 Å². The van der Waals surface area contributed by atoms with Crippen LogP contribution in [-0.4, -0.2) is 43.9 Å². The molecule has 2 aromatic heterocycles. The Morgan fingerprint density at radius 1 is 1.20 bits per heavy atom. The third kappa shape index (κ3) is 4.11. The minimum absolute atomic E-state index is 0.000528. The fourth-order valence-electron chi connectivity index (χ4n) is 4.69. The fraction of sp³-hybridized carbons (Fsp3) is 0.292. The number of likely N-dealkylation sites (tertiary alicyclic amines) is 1. The predicted molar refractivity (Wildman–Crippen MR) is 123 cm³/mol. The highest BCUT2D eigenvalue weighted by Crippen LogP contribution is 2.33. The van der Waals surface area contributed by atoms with Crippen molar-refractivity contribution in [3.05, 3.63) is 65.0 Å². The average Bonchev–Trinajstić information content (AvgIpc) is 3.43. The summed E-state index contributed by atoms with van der Waals surface area (Å²) in [7, 11) is 1.63. The number of nitrogens with zero attached hydrogens (tertiary/aromatic N) is 4. The quantitative estimate of drug-likeness (QED) is 0.435. The van der Waals surface area contributed by atoms with Crippen LogP contribution >= 0.6 is 0 Å². The summed E-state index contributed by atoms with van der Waals surface area (Å²) in [4.78, 5) is 26.8. The second-order valence-electron chi connectivity index (χ2n) is 8.59. The number of anilines is 2. The van der Waals surface area contributed by atoms with Crippen LogP contribution in [0.5, 0.6) is 0 Å². The van der Waals surface area contributed by atoms with Crippen LogP contribution in [0.4, 0.5) is 28.9 Å². The number of aromatic nitrogens is 3. The van der Waals surface area contributed by atoms with E-state index in [0.717, 1.165) is 9.47 Å². The number of benzene rings is 2. The van der Waals surface area contributed by atoms with E-state index in [0.29, 0.717) is 27.7 Å². The molecule has 7 nitrogen and oxygen atoms in total. The van der Waals surface area contributed by atoms with Gasteiger partial charge in [-0.15, -0.1) is 0 Å². The second kappa shape index (κ2) is 8.40. The van der Waals surface area contributed by atoms with Gasteiger partial charge in [0.05, 0.1) is 17.3 Å². The topological polar surface area (TPSA) is 72.2 Å². The maximum absolute atomic E-state index is 14.6. The number of carbonyl (C=O) groups excluding carboxylic acids is 1. The van der Waals surface area contributed by atoms with E-state index in [2.05, 4.69) is 10.4 Å². The van der Waals surface area contributed by atoms with Gasteiger partial charge in [-0.3, -0.25) is 14.3 Å². The number of pyridine rings is 1. The van der Waals surface area contributed by atoms with Crippen molar-refractivity contribution in [1.29, 1.82) is 0 Å². The highest BCUT2D eigenvalue weighted by atomic mass is 19.4. The van der Waals surface area contributed by atoms with Gasteiger partial charge in [0.1, 0.15) is 18.1 Å². The third-order valence-corrected chi connectivity index (χ3v) is 6.33. The molecule has 1 atom stereocenters. The predicted octanol–water partition coefficient (Wildman–Crippen LogP) is 4.32. The van der Waals surface area contributed by atoms with Crippen LogP contribution < -0.4 is 10.9 Å². The van der Waals surface area contributed by atoms with Gasteiger partial charge < -0.3 is 14.8 Å². The zero-order chi connectivity index (χ0) is 24.9. The summed E-state index contributed by atoms with van der Waals surface area (Å²) in [6.45, 7) is -0.507. The highest BCUT2D eigenvalue weighted by Gasteiger charge is 2.47. The summed E-state index contributed by atoms with van der Waals surface area (Å²) in [6, 6.07) is 7.83. The van der Waals surface area contributed by atoms with Gasteiger partial charge in [0, 0.05) is 30.9 Å². The van der Waals surface area contributed by atoms with Gasteiger partial charge in [-0.1, -0.05) is 12.1 Å². The lowest BCUT2D eigenvalue weighted by Gasteiger charge is -2.26. The molecule has 1 aliphatic rings. The van der Waals surface area contributed by atoms with Crippen LogP contribution in [-0.2, 0) is 18.4 Å². The number of fused-ring (bicyclic) bond motifs is 2. The molecule has 1 amide bonds. The van der Waals surface area contributed by atoms with Crippen molar-refractivity contribution in [2.75, 3.05) is 11.9 Å². The number of amides is 1. The van der Waals surface area contributed by atoms with Crippen molar-refractivity contribution in [3.8, 4) is 0 Å². The first-order valence-electron chi connectivity index (χ1n) is 11.0. The van der Waals surface area contributed by atoms with Crippen molar-refractivity contribution in [1.82, 2.24) is 19.2 Å². The number of aryl methyl sites for hydroxylation is 1. The average molecular weight is 487 g/mol. The van der Waals surface area contributed by atoms with E-state index < -0.39 is 36.0 Å². The highest BCUT2D eigenvalue weighted by molar-refractivity contribution is 5.95. The zero-order valence-corrected chi connectivity index (χ0v) is 18.6. The number of hydrogen-bond donors (Lipinski definition) is 1. The Morgan fingerprint density at radius 3 is 2.77 bits per heavy atom. The van der Waals surface area contributed by atoms with Crippen molar-refractivity contribution >= 4 is 39.0 Å². The standard InChI is InChI=1S/C24H21F4N5O2/c1-31-22-15(12-29-31)10-16(11-17(22)25)30-18-5-2-4-14-7-9-32(23(35)21(14)18)13-20(34)33-8-3-6-19(33)24(26,27)28/h2,4-5,7,9-12,19,30H,3,6,8,13H2,1H3/t19-/m0/s1. The van der Waals surface area contributed by atoms with Crippen LogP contribution in [0.2, 0.25) is 0 Å². The zero-order valence-electron chi connectivity index (χ0n) is 18.6. The molecule has 0 radical (unpaired) electrons. The van der Waals surface area contributed by atoms with Crippen molar-refractivity contribution < 1.29 is 22.4 Å². The van der Waals surface area contributed by atoms with Crippen LogP contribution in [0, 0.1) is 5.82 Å². The first-order chi connectivity index (χ1) is 16.6. The van der Waals surface area contributed by atoms with Crippen molar-refractivity contribution in [2.45, 2.75) is 31.6 Å². The number of carbonyl (C=O) groups is 1. The van der Waals surface area contributed by atoms with Gasteiger partial charge in [0.2, 0.25) is 5.91 Å². The Kier molecular flexibility index (Phi) is 5.49. The molecule has 0 spiro atoms. The molecule has 1 N–H and O–H groups in total. The molecule has 0 saturated carbocycles. The van der Waals surface area contributed by atoms with Crippen molar-refractivity contribution in [2.24, 2.45) is 7.05 Å². The SMILES string of the molecule is Cn1ncc2cc(Nc3cccc4ccn(CC(=O)N5CCC[C@H]5C(F)(F)F)c(=O)c34)cc(F)c21. The van der Waals surface area contributed by atoms with Gasteiger partial charge >= 0.3 is 6.18 Å². The number of nitrogens with one attached hydrogen (secondary N) is 1. The molecular weight excluding hydrogens is 466 g/mol. The molecule has 11 heteroatoms. The summed E-state index contributed by atoms with van der Waals surface area (Å²) in [5.74, 6) is -1.25. The Morgan fingerprint density at radius 2 is 2.00 bits per heavy atom. The smallest absolute Gasteiger partial charge is 0.355 e. The summed E-state index contributed by atoms with van der Waals surface area (Å²) in [5, 5.41) is 8.49. The van der Waals surface area contributed by atoms with Crippen LogP contribution in [0.3, 0.4) is 0 Å². The first kappa shape index (κ1) is 22.9. The molecule has 0 bridgehead atoms. The van der Waals surface area contributed by atoms with Gasteiger partial charge in [-0.25, -0.2) is 4.39 Å². The Labute approximate surface area is 196 Å². The molecule has 35 heavy (non-hydrogen) atoms. The fourth-order valence-corrected chi connectivity index (χ4v) is 4.69. The van der Waals surface area contributed by atoms with Crippen molar-refractivity contribution in [3.63, 3.8) is 0 Å². The summed E-state index contributed by atoms with van der Waals surface area (Å²) in [5.41, 5.74) is 0.579. The lowest BCUT2D eigenvalue weighted by Crippen LogP contribution is -2.46. The molecule has 0 aliphatic carbocycles. The minimum Gasteiger partial charge on any atom is -0.355 e. The largest absolute Gasteiger partial charge is 0.408 e. The van der Waals surface area contributed by atoms with E-state index in [4.69, 9.17) is 0 Å². The summed E-state index contributed by atoms with van der Waals surface area (Å²) >= 11 is 0. The molecule has 1 fully saturated rings. The molecule has 1 saturated heterocycles. The molecule has 3 heterocycles. The molecular formula is C24H21F4N5O2. The second-order valence-corrected chi connectivity index (χ2v) is 8.59. The Bertz CT molecular complexity index is 1510. The normalized spacial score (nSPS) is 16.4. The Hall–Kier alpha value is -3.89. The van der Waals surface area contributed by atoms with Crippen LogP contribution in [0.15, 0.2) is 53.6 Å². The van der Waals surface area contributed by atoms with Gasteiger partial charge in [0.15, 0.2) is 5.82 Å². The number of hydrogen-bond acceptors (Lipinski definition) is 4. The van der Waals surface area contributed by atoms with Gasteiger partial charge in [-0.05, 0) is 42.5 Å². The molecule has 1 aliphatic heterocycles. The Balaban J connectivity index is 1.49. The van der Waals surface area contributed by atoms with E-state index in [9.17, 15) is 27.2 Å². The lowest BCUT2D eigenvalue weighted by molar-refractivity contribution is -0.183. The molecule has 4 aromatic rings. The van der Waals surface area contributed by atoms with Gasteiger partial charge in [0.25, 0.3) is 5.56 Å². The number of halogens is 4. The van der Waals surface area contributed by atoms with Crippen LogP contribution in [0.25, 0.3) is 21.7 Å². The first-order valence-corrected chi connectivity index (χ1v) is 11.0. The number of alkyl halides is 3. The van der Waals surface area contributed by atoms with Crippen LogP contribution in [0.1, 0.15) is 12.8 Å². The molecule has 182 valence electrons. The monoisotopic (exact) mass is 487 g/mol. The maximum Gasteiger partial charge on any atom is 0.408 e. The van der Waals surface area contributed by atoms with E-state index in [-0.39, 0.29) is 24.8 Å². The molecule has 0 unspecified atom stereocenters. The summed E-state index contributed by atoms with van der Waals surface area (Å²) < 4.78 is 57.0. The van der Waals surface area contributed by atoms with E-state index >= 15 is 0 Å².